The van der Waals surface area contributed by atoms with Gasteiger partial charge in [0.15, 0.2) is 5.78 Å². The van der Waals surface area contributed by atoms with Crippen LogP contribution in [0.1, 0.15) is 37.7 Å². The van der Waals surface area contributed by atoms with Gasteiger partial charge in [0.25, 0.3) is 0 Å². The summed E-state index contributed by atoms with van der Waals surface area (Å²) in [5.41, 5.74) is -0.0374. The van der Waals surface area contributed by atoms with Crippen molar-refractivity contribution in [1.82, 2.24) is 0 Å². The molecule has 1 unspecified atom stereocenters. The predicted molar refractivity (Wildman–Crippen MR) is 81.8 cm³/mol. The van der Waals surface area contributed by atoms with Gasteiger partial charge in [-0.2, -0.15) is 0 Å². The maximum absolute atomic E-state index is 12.7. The second-order valence-corrected chi connectivity index (χ2v) is 5.56. The summed E-state index contributed by atoms with van der Waals surface area (Å²) in [6.45, 7) is 0. The van der Waals surface area contributed by atoms with Crippen LogP contribution in [0.3, 0.4) is 0 Å². The van der Waals surface area contributed by atoms with E-state index in [0.29, 0.717) is 19.3 Å². The van der Waals surface area contributed by atoms with Crippen molar-refractivity contribution in [1.29, 1.82) is 0 Å². The molecule has 1 aromatic rings. The minimum Gasteiger partial charge on any atom is -0.468 e. The number of allylic oxidation sites excluding steroid dienone is 2. The monoisotopic (exact) mass is 286 g/mol. The highest BCUT2D eigenvalue weighted by Gasteiger charge is 2.45. The van der Waals surface area contributed by atoms with Crippen molar-refractivity contribution < 1.29 is 14.3 Å². The molecule has 2 rings (SSSR count). The Hall–Kier alpha value is -1.90. The first-order chi connectivity index (χ1) is 10.2. The van der Waals surface area contributed by atoms with Crippen LogP contribution < -0.4 is 0 Å². The lowest BCUT2D eigenvalue weighted by molar-refractivity contribution is -0.158. The summed E-state index contributed by atoms with van der Waals surface area (Å²) < 4.78 is 4.99. The number of carbonyl (C=O) groups is 2. The van der Waals surface area contributed by atoms with E-state index >= 15 is 0 Å². The van der Waals surface area contributed by atoms with E-state index in [1.54, 1.807) is 0 Å². The summed E-state index contributed by atoms with van der Waals surface area (Å²) in [4.78, 5) is 25.1. The van der Waals surface area contributed by atoms with Crippen molar-refractivity contribution in [2.24, 2.45) is 5.41 Å². The molecule has 0 spiro atoms. The van der Waals surface area contributed by atoms with E-state index in [0.717, 1.165) is 24.8 Å². The molecule has 3 nitrogen and oxygen atoms in total. The Kier molecular flexibility index (Phi) is 5.32. The summed E-state index contributed by atoms with van der Waals surface area (Å²) in [5.74, 6) is -0.381. The van der Waals surface area contributed by atoms with E-state index in [-0.39, 0.29) is 5.78 Å². The molecule has 0 aromatic heterocycles. The lowest BCUT2D eigenvalue weighted by Crippen LogP contribution is -2.42. The Balaban J connectivity index is 2.35. The summed E-state index contributed by atoms with van der Waals surface area (Å²) in [5, 5.41) is 0. The fourth-order valence-electron chi connectivity index (χ4n) is 2.94. The van der Waals surface area contributed by atoms with Gasteiger partial charge in [-0.05, 0) is 37.7 Å². The number of rotatable bonds is 3. The van der Waals surface area contributed by atoms with E-state index in [1.165, 1.54) is 7.11 Å². The zero-order valence-electron chi connectivity index (χ0n) is 12.5. The molecule has 21 heavy (non-hydrogen) atoms. The number of Topliss-reactive ketones (excluding diaryl/α,β-unsaturated/α-hetero) is 1. The molecule has 0 amide bonds. The van der Waals surface area contributed by atoms with Gasteiger partial charge in [-0.25, -0.2) is 0 Å². The normalized spacial score (nSPS) is 24.5. The van der Waals surface area contributed by atoms with Gasteiger partial charge in [-0.1, -0.05) is 42.5 Å². The summed E-state index contributed by atoms with van der Waals surface area (Å²) in [6.07, 6.45) is 7.97. The topological polar surface area (TPSA) is 43.4 Å². The molecule has 3 heteroatoms. The molecule has 0 aliphatic heterocycles. The number of ketones is 1. The van der Waals surface area contributed by atoms with E-state index in [2.05, 4.69) is 12.2 Å². The average molecular weight is 286 g/mol. The Morgan fingerprint density at radius 2 is 1.90 bits per heavy atom. The van der Waals surface area contributed by atoms with Crippen molar-refractivity contribution in [2.45, 2.75) is 38.5 Å². The summed E-state index contributed by atoms with van der Waals surface area (Å²) >= 11 is 0. The highest BCUT2D eigenvalue weighted by molar-refractivity contribution is 6.04. The molecule has 0 N–H and O–H groups in total. The quantitative estimate of drug-likeness (QED) is 0.485. The third-order valence-electron chi connectivity index (χ3n) is 4.14. The fraction of sp³-hybridized carbons (Fsp3) is 0.444. The van der Waals surface area contributed by atoms with Gasteiger partial charge >= 0.3 is 5.97 Å². The number of methoxy groups -OCH3 is 1. The second kappa shape index (κ2) is 7.21. The number of benzene rings is 1. The first kappa shape index (κ1) is 15.5. The Bertz CT molecular complexity index is 519. The zero-order chi connectivity index (χ0) is 15.1. The van der Waals surface area contributed by atoms with Crippen LogP contribution in [0.2, 0.25) is 0 Å². The van der Waals surface area contributed by atoms with E-state index in [9.17, 15) is 9.59 Å². The molecule has 112 valence electrons. The number of carbonyl (C=O) groups excluding carboxylic acids is 2. The lowest BCUT2D eigenvalue weighted by Gasteiger charge is -2.29. The van der Waals surface area contributed by atoms with E-state index in [4.69, 9.17) is 4.74 Å². The molecule has 0 saturated carbocycles. The molecule has 1 aliphatic rings. The molecule has 0 heterocycles. The predicted octanol–water partition coefficient (Wildman–Crippen LogP) is 3.48. The maximum atomic E-state index is 12.7. The highest BCUT2D eigenvalue weighted by atomic mass is 16.5. The molecule has 0 bridgehead atoms. The minimum atomic E-state index is -1.04. The van der Waals surface area contributed by atoms with E-state index < -0.39 is 11.4 Å². The van der Waals surface area contributed by atoms with Crippen LogP contribution in [0.4, 0.5) is 0 Å². The first-order valence-electron chi connectivity index (χ1n) is 7.50. The van der Waals surface area contributed by atoms with Gasteiger partial charge in [-0.15, -0.1) is 0 Å². The molecule has 1 aromatic carbocycles. The van der Waals surface area contributed by atoms with Gasteiger partial charge in [-0.3, -0.25) is 9.59 Å². The average Bonchev–Trinajstić information content (AvgIpc) is 2.60. The van der Waals surface area contributed by atoms with Crippen molar-refractivity contribution in [2.75, 3.05) is 7.11 Å². The Morgan fingerprint density at radius 3 is 2.62 bits per heavy atom. The molecule has 0 saturated heterocycles. The van der Waals surface area contributed by atoms with Crippen LogP contribution in [0.15, 0.2) is 42.5 Å². The standard InChI is InChI=1S/C18H22O3/c1-21-17(20)18(14-15-10-6-5-7-11-15)13-9-4-2-3-8-12-16(18)19/h2,4-7,10-11H,3,8-9,12-14H2,1H3/b4-2-. The zero-order valence-corrected chi connectivity index (χ0v) is 12.5. The third kappa shape index (κ3) is 3.60. The van der Waals surface area contributed by atoms with Gasteiger partial charge in [0.2, 0.25) is 0 Å². The lowest BCUT2D eigenvalue weighted by atomic mass is 9.73. The van der Waals surface area contributed by atoms with Crippen LogP contribution in [0, 0.1) is 5.41 Å². The number of hydrogen-bond acceptors (Lipinski definition) is 3. The molecule has 1 atom stereocenters. The molecule has 0 fully saturated rings. The largest absolute Gasteiger partial charge is 0.468 e. The molecule has 1 aliphatic carbocycles. The van der Waals surface area contributed by atoms with Gasteiger partial charge < -0.3 is 4.74 Å². The summed E-state index contributed by atoms with van der Waals surface area (Å²) in [7, 11) is 1.37. The van der Waals surface area contributed by atoms with Crippen LogP contribution in [-0.4, -0.2) is 18.9 Å². The fourth-order valence-corrected chi connectivity index (χ4v) is 2.94. The van der Waals surface area contributed by atoms with Crippen molar-refractivity contribution in [3.05, 3.63) is 48.0 Å². The van der Waals surface area contributed by atoms with Crippen LogP contribution in [0.25, 0.3) is 0 Å². The Morgan fingerprint density at radius 1 is 1.19 bits per heavy atom. The number of esters is 1. The van der Waals surface area contributed by atoms with Crippen molar-refractivity contribution >= 4 is 11.8 Å². The van der Waals surface area contributed by atoms with Crippen molar-refractivity contribution in [3.63, 3.8) is 0 Å². The minimum absolute atomic E-state index is 0.0157. The maximum Gasteiger partial charge on any atom is 0.319 e. The Labute approximate surface area is 126 Å². The SMILES string of the molecule is COC(=O)C1(Cc2ccccc2)CC/C=C\CCCC1=O. The highest BCUT2D eigenvalue weighted by Crippen LogP contribution is 2.34. The summed E-state index contributed by atoms with van der Waals surface area (Å²) in [6, 6.07) is 9.71. The smallest absolute Gasteiger partial charge is 0.319 e. The van der Waals surface area contributed by atoms with Gasteiger partial charge in [0, 0.05) is 6.42 Å². The number of hydrogen-bond donors (Lipinski definition) is 0. The van der Waals surface area contributed by atoms with Gasteiger partial charge in [0.1, 0.15) is 5.41 Å². The first-order valence-corrected chi connectivity index (χ1v) is 7.50. The van der Waals surface area contributed by atoms with Crippen LogP contribution in [0.5, 0.6) is 0 Å². The molecule has 0 radical (unpaired) electrons. The van der Waals surface area contributed by atoms with Crippen LogP contribution in [-0.2, 0) is 20.7 Å². The number of ether oxygens (including phenoxy) is 1. The van der Waals surface area contributed by atoms with Gasteiger partial charge in [0.05, 0.1) is 7.11 Å². The second-order valence-electron chi connectivity index (χ2n) is 5.56. The van der Waals surface area contributed by atoms with E-state index in [1.807, 2.05) is 30.3 Å². The molecular weight excluding hydrogens is 264 g/mol. The third-order valence-corrected chi connectivity index (χ3v) is 4.14. The molecular formula is C18H22O3. The van der Waals surface area contributed by atoms with Crippen molar-refractivity contribution in [3.8, 4) is 0 Å². The van der Waals surface area contributed by atoms with Crippen LogP contribution >= 0.6 is 0 Å².